The van der Waals surface area contributed by atoms with Gasteiger partial charge in [0.2, 0.25) is 5.88 Å². The Labute approximate surface area is 150 Å². The standard InChI is InChI=1S/C17H15N4O4S/c18-26(23)8-2-7-24-17-6-5-16-19-10-12(21(16)20-17)15-9-11-13(22)3-1-4-14(11)25-15/h1,3-6,9-10,18,22H,2,7-8H2/q-1. The molecule has 1 aromatic carbocycles. The highest BCUT2D eigenvalue weighted by atomic mass is 32.2. The lowest BCUT2D eigenvalue weighted by molar-refractivity contribution is 0.301. The topological polar surface area (TPSA) is 114 Å². The fourth-order valence-electron chi connectivity index (χ4n) is 2.64. The Balaban J connectivity index is 1.66. The molecule has 4 aromatic rings. The van der Waals surface area contributed by atoms with Gasteiger partial charge in [-0.2, -0.15) is 10.6 Å². The summed E-state index contributed by atoms with van der Waals surface area (Å²) in [6.07, 6.45) is 2.15. The highest BCUT2D eigenvalue weighted by Gasteiger charge is 2.14. The van der Waals surface area contributed by atoms with E-state index in [0.29, 0.717) is 47.0 Å². The maximum absolute atomic E-state index is 10.8. The van der Waals surface area contributed by atoms with E-state index in [1.165, 1.54) is 0 Å². The van der Waals surface area contributed by atoms with Crippen molar-refractivity contribution in [3.63, 3.8) is 0 Å². The van der Waals surface area contributed by atoms with Crippen LogP contribution < -0.4 is 4.74 Å². The molecule has 0 saturated heterocycles. The molecule has 0 aliphatic heterocycles. The molecule has 0 spiro atoms. The normalized spacial score (nSPS) is 11.6. The molecule has 3 heterocycles. The fourth-order valence-corrected chi connectivity index (χ4v) is 3.02. The molecular weight excluding hydrogens is 356 g/mol. The van der Waals surface area contributed by atoms with Crippen LogP contribution in [0.2, 0.25) is 0 Å². The van der Waals surface area contributed by atoms with Crippen LogP contribution in [-0.4, -0.2) is 32.1 Å². The number of aromatic nitrogens is 3. The van der Waals surface area contributed by atoms with E-state index in [2.05, 4.69) is 10.1 Å². The van der Waals surface area contributed by atoms with Gasteiger partial charge in [0.15, 0.2) is 11.4 Å². The lowest BCUT2D eigenvalue weighted by Crippen LogP contribution is -2.04. The monoisotopic (exact) mass is 371 g/mol. The Kier molecular flexibility index (Phi) is 4.21. The number of phenolic OH excluding ortho intramolecular Hbond substituents is 1. The van der Waals surface area contributed by atoms with Crippen molar-refractivity contribution < 1.29 is 18.5 Å². The quantitative estimate of drug-likeness (QED) is 0.397. The van der Waals surface area contributed by atoms with Crippen LogP contribution in [0, 0.1) is 4.78 Å². The van der Waals surface area contributed by atoms with Crippen LogP contribution in [0.15, 0.2) is 47.0 Å². The second-order valence-electron chi connectivity index (χ2n) is 5.64. The number of hydrogen-bond donors (Lipinski definition) is 2. The Morgan fingerprint density at radius 2 is 2.19 bits per heavy atom. The first-order chi connectivity index (χ1) is 12.6. The van der Waals surface area contributed by atoms with Crippen molar-refractivity contribution >= 4 is 27.2 Å². The summed E-state index contributed by atoms with van der Waals surface area (Å²) in [7, 11) is -1.58. The van der Waals surface area contributed by atoms with Crippen LogP contribution >= 0.6 is 0 Å². The molecular formula is C17H15N4O4S-. The van der Waals surface area contributed by atoms with Crippen LogP contribution in [0.25, 0.3) is 28.1 Å². The summed E-state index contributed by atoms with van der Waals surface area (Å²) >= 11 is 0. The molecule has 2 N–H and O–H groups in total. The Morgan fingerprint density at radius 1 is 1.31 bits per heavy atom. The van der Waals surface area contributed by atoms with Crippen LogP contribution in [-0.2, 0) is 14.8 Å². The minimum Gasteiger partial charge on any atom is -0.507 e. The third-order valence-electron chi connectivity index (χ3n) is 3.85. The fraction of sp³-hybridized carbons (Fsp3) is 0.176. The van der Waals surface area contributed by atoms with Gasteiger partial charge in [-0.15, -0.1) is 5.10 Å². The molecule has 3 aromatic heterocycles. The zero-order valence-electron chi connectivity index (χ0n) is 13.6. The first-order valence-electron chi connectivity index (χ1n) is 7.91. The van der Waals surface area contributed by atoms with Gasteiger partial charge in [0, 0.05) is 6.07 Å². The summed E-state index contributed by atoms with van der Waals surface area (Å²) in [6.45, 7) is 0.325. The Morgan fingerprint density at radius 3 is 3.00 bits per heavy atom. The van der Waals surface area contributed by atoms with Gasteiger partial charge in [-0.05, 0) is 30.7 Å². The number of nitrogens with zero attached hydrogens (tertiary/aromatic N) is 3. The van der Waals surface area contributed by atoms with Crippen molar-refractivity contribution in [2.24, 2.45) is 0 Å². The van der Waals surface area contributed by atoms with E-state index >= 15 is 0 Å². The van der Waals surface area contributed by atoms with E-state index < -0.39 is 10.6 Å². The second-order valence-corrected chi connectivity index (χ2v) is 6.74. The smallest absolute Gasteiger partial charge is 0.231 e. The summed E-state index contributed by atoms with van der Waals surface area (Å²) in [6, 6.07) is 10.3. The van der Waals surface area contributed by atoms with Gasteiger partial charge in [-0.1, -0.05) is 11.8 Å². The maximum Gasteiger partial charge on any atom is 0.231 e. The lowest BCUT2D eigenvalue weighted by Gasteiger charge is -2.06. The number of fused-ring (bicyclic) bond motifs is 2. The van der Waals surface area contributed by atoms with Crippen molar-refractivity contribution in [1.82, 2.24) is 14.6 Å². The number of imidazole rings is 1. The SMILES string of the molecule is N=[S-](=O)CCCOc1ccc2ncc(-c3cc4c(O)cccc4o3)n2n1. The van der Waals surface area contributed by atoms with E-state index in [-0.39, 0.29) is 11.5 Å². The number of phenols is 1. The molecule has 4 rings (SSSR count). The molecule has 8 nitrogen and oxygen atoms in total. The molecule has 0 unspecified atom stereocenters. The van der Waals surface area contributed by atoms with Crippen molar-refractivity contribution in [3.8, 4) is 23.1 Å². The molecule has 26 heavy (non-hydrogen) atoms. The highest BCUT2D eigenvalue weighted by Crippen LogP contribution is 2.32. The largest absolute Gasteiger partial charge is 0.507 e. The number of aromatic hydroxyl groups is 1. The van der Waals surface area contributed by atoms with Crippen LogP contribution in [0.4, 0.5) is 0 Å². The van der Waals surface area contributed by atoms with Gasteiger partial charge >= 0.3 is 0 Å². The average Bonchev–Trinajstić information content (AvgIpc) is 3.22. The number of furan rings is 1. The minimum absolute atomic E-state index is 0.148. The molecule has 0 bridgehead atoms. The van der Waals surface area contributed by atoms with Gasteiger partial charge < -0.3 is 23.2 Å². The van der Waals surface area contributed by atoms with Crippen molar-refractivity contribution in [2.75, 3.05) is 12.4 Å². The third-order valence-corrected chi connectivity index (χ3v) is 4.51. The molecule has 9 heteroatoms. The molecule has 0 amide bonds. The van der Waals surface area contributed by atoms with Crippen LogP contribution in [0.5, 0.6) is 11.6 Å². The Bertz CT molecular complexity index is 1150. The zero-order chi connectivity index (χ0) is 18.1. The summed E-state index contributed by atoms with van der Waals surface area (Å²) in [5, 5.41) is 15.0. The molecule has 0 atom stereocenters. The number of ether oxygens (including phenoxy) is 1. The molecule has 0 fully saturated rings. The lowest BCUT2D eigenvalue weighted by atomic mass is 10.2. The van der Waals surface area contributed by atoms with Crippen molar-refractivity contribution in [1.29, 1.82) is 4.78 Å². The van der Waals surface area contributed by atoms with Crippen LogP contribution in [0.1, 0.15) is 6.42 Å². The van der Waals surface area contributed by atoms with Crippen molar-refractivity contribution in [3.05, 3.63) is 42.6 Å². The van der Waals surface area contributed by atoms with E-state index in [4.69, 9.17) is 13.9 Å². The van der Waals surface area contributed by atoms with Crippen LogP contribution in [0.3, 0.4) is 0 Å². The zero-order valence-corrected chi connectivity index (χ0v) is 14.4. The van der Waals surface area contributed by atoms with Gasteiger partial charge in [-0.25, -0.2) is 9.50 Å². The molecule has 0 saturated carbocycles. The summed E-state index contributed by atoms with van der Waals surface area (Å²) < 4.78 is 30.7. The predicted molar refractivity (Wildman–Crippen MR) is 95.6 cm³/mol. The number of hydrogen-bond acceptors (Lipinski definition) is 8. The first kappa shape index (κ1) is 16.4. The molecule has 134 valence electrons. The van der Waals surface area contributed by atoms with E-state index in [1.807, 2.05) is 0 Å². The van der Waals surface area contributed by atoms with E-state index in [1.54, 1.807) is 47.1 Å². The molecule has 0 aliphatic rings. The summed E-state index contributed by atoms with van der Waals surface area (Å²) in [5.41, 5.74) is 1.84. The molecule has 0 radical (unpaired) electrons. The van der Waals surface area contributed by atoms with Gasteiger partial charge in [0.1, 0.15) is 17.0 Å². The third kappa shape index (κ3) is 3.08. The van der Waals surface area contributed by atoms with Gasteiger partial charge in [0.25, 0.3) is 0 Å². The summed E-state index contributed by atoms with van der Waals surface area (Å²) in [4.78, 5) is 4.31. The maximum atomic E-state index is 10.8. The van der Waals surface area contributed by atoms with Gasteiger partial charge in [-0.3, -0.25) is 0 Å². The first-order valence-corrected chi connectivity index (χ1v) is 9.23. The van der Waals surface area contributed by atoms with E-state index in [0.717, 1.165) is 0 Å². The number of nitrogens with one attached hydrogen (secondary N) is 1. The Hall–Kier alpha value is -3.07. The van der Waals surface area contributed by atoms with E-state index in [9.17, 15) is 9.32 Å². The molecule has 0 aliphatic carbocycles. The second kappa shape index (κ2) is 6.68. The summed E-state index contributed by atoms with van der Waals surface area (Å²) in [5.74, 6) is 1.34. The predicted octanol–water partition coefficient (Wildman–Crippen LogP) is 3.34. The number of benzene rings is 1. The minimum atomic E-state index is -1.58. The average molecular weight is 371 g/mol. The van der Waals surface area contributed by atoms with Gasteiger partial charge in [0.05, 0.1) is 18.2 Å². The van der Waals surface area contributed by atoms with Crippen molar-refractivity contribution in [2.45, 2.75) is 6.42 Å². The number of rotatable bonds is 6. The highest BCUT2D eigenvalue weighted by molar-refractivity contribution is 7.73.